The summed E-state index contributed by atoms with van der Waals surface area (Å²) in [5, 5.41) is 0. The number of pyridine rings is 1. The summed E-state index contributed by atoms with van der Waals surface area (Å²) >= 11 is 0. The largest absolute Gasteiger partial charge is 0.356 e. The van der Waals surface area contributed by atoms with Gasteiger partial charge in [-0.1, -0.05) is 12.6 Å². The van der Waals surface area contributed by atoms with Crippen LogP contribution in [0.3, 0.4) is 0 Å². The maximum atomic E-state index is 13.5. The van der Waals surface area contributed by atoms with Crippen LogP contribution in [0.1, 0.15) is 11.3 Å². The Bertz CT molecular complexity index is 829. The fraction of sp³-hybridized carbons (Fsp3) is 0.263. The van der Waals surface area contributed by atoms with Gasteiger partial charge in [0.15, 0.2) is 0 Å². The van der Waals surface area contributed by atoms with Gasteiger partial charge in [-0.05, 0) is 41.8 Å². The van der Waals surface area contributed by atoms with Crippen molar-refractivity contribution in [3.05, 3.63) is 54.1 Å². The molecule has 0 aliphatic carbocycles. The number of nitrogens with zero attached hydrogens (tertiary/aromatic N) is 3. The number of rotatable bonds is 3. The van der Waals surface area contributed by atoms with Crippen LogP contribution in [0.15, 0.2) is 37.0 Å². The number of hydrogen-bond acceptors (Lipinski definition) is 3. The maximum Gasteiger partial charge on any atom is 0.241 e. The highest BCUT2D eigenvalue weighted by molar-refractivity contribution is 5.89. The van der Waals surface area contributed by atoms with Crippen molar-refractivity contribution < 1.29 is 9.18 Å². The van der Waals surface area contributed by atoms with Gasteiger partial charge in [0.2, 0.25) is 5.91 Å². The summed E-state index contributed by atoms with van der Waals surface area (Å²) in [6.07, 6.45) is 1.77. The molecule has 4 nitrogen and oxygen atoms in total. The van der Waals surface area contributed by atoms with Gasteiger partial charge in [-0.2, -0.15) is 0 Å². The summed E-state index contributed by atoms with van der Waals surface area (Å²) in [5.74, 6) is -0.196. The van der Waals surface area contributed by atoms with Crippen LogP contribution in [0.4, 0.5) is 10.1 Å². The highest BCUT2D eigenvalue weighted by Crippen LogP contribution is 2.36. The van der Waals surface area contributed by atoms with Crippen LogP contribution in [0.5, 0.6) is 0 Å². The number of amides is 1. The Morgan fingerprint density at radius 3 is 2.75 bits per heavy atom. The molecule has 0 spiro atoms. The van der Waals surface area contributed by atoms with Crippen molar-refractivity contribution in [2.24, 2.45) is 0 Å². The predicted molar refractivity (Wildman–Crippen MR) is 94.3 cm³/mol. The number of carbonyl (C=O) groups excluding carboxylic acids is 1. The molecule has 2 heterocycles. The molecule has 2 aromatic rings. The quantitative estimate of drug-likeness (QED) is 0.870. The van der Waals surface area contributed by atoms with Crippen molar-refractivity contribution in [3.63, 3.8) is 0 Å². The van der Waals surface area contributed by atoms with E-state index in [4.69, 9.17) is 0 Å². The van der Waals surface area contributed by atoms with Crippen LogP contribution in [0.25, 0.3) is 16.7 Å². The molecule has 1 aromatic carbocycles. The lowest BCUT2D eigenvalue weighted by Gasteiger charge is -2.21. The molecule has 0 atom stereocenters. The maximum absolute atomic E-state index is 13.5. The van der Waals surface area contributed by atoms with E-state index in [1.807, 2.05) is 11.0 Å². The number of aryl methyl sites for hydroxylation is 1. The number of aromatic nitrogens is 1. The van der Waals surface area contributed by atoms with E-state index in [0.29, 0.717) is 12.1 Å². The van der Waals surface area contributed by atoms with Crippen LogP contribution < -0.4 is 4.90 Å². The Labute approximate surface area is 141 Å². The SMILES string of the molecule is C=C1CN(CC(=O)N(C)C)c2cc(-c3ccc(F)c(C)c3)cnc21. The average Bonchev–Trinajstić information content (AvgIpc) is 2.85. The van der Waals surface area contributed by atoms with Crippen molar-refractivity contribution in [2.45, 2.75) is 6.92 Å². The summed E-state index contributed by atoms with van der Waals surface area (Å²) < 4.78 is 13.5. The lowest BCUT2D eigenvalue weighted by atomic mass is 10.0. The van der Waals surface area contributed by atoms with Crippen LogP contribution in [-0.4, -0.2) is 43.0 Å². The number of fused-ring (bicyclic) bond motifs is 1. The number of carbonyl (C=O) groups is 1. The molecule has 3 rings (SSSR count). The van der Waals surface area contributed by atoms with E-state index in [9.17, 15) is 9.18 Å². The molecule has 0 fully saturated rings. The van der Waals surface area contributed by atoms with Crippen molar-refractivity contribution in [3.8, 4) is 11.1 Å². The van der Waals surface area contributed by atoms with E-state index in [1.165, 1.54) is 6.07 Å². The van der Waals surface area contributed by atoms with Gasteiger partial charge in [0.25, 0.3) is 0 Å². The Hall–Kier alpha value is -2.69. The molecule has 0 saturated heterocycles. The fourth-order valence-corrected chi connectivity index (χ4v) is 2.78. The molecule has 0 unspecified atom stereocenters. The van der Waals surface area contributed by atoms with Crippen LogP contribution in [0, 0.1) is 12.7 Å². The van der Waals surface area contributed by atoms with Crippen molar-refractivity contribution >= 4 is 17.2 Å². The minimum absolute atomic E-state index is 0.0266. The molecule has 0 N–H and O–H groups in total. The highest BCUT2D eigenvalue weighted by Gasteiger charge is 2.26. The fourth-order valence-electron chi connectivity index (χ4n) is 2.78. The average molecular weight is 325 g/mol. The molecular formula is C19H20FN3O. The zero-order valence-electron chi connectivity index (χ0n) is 14.1. The molecule has 0 bridgehead atoms. The van der Waals surface area contributed by atoms with Gasteiger partial charge < -0.3 is 9.80 Å². The van der Waals surface area contributed by atoms with E-state index in [0.717, 1.165) is 28.1 Å². The van der Waals surface area contributed by atoms with Gasteiger partial charge >= 0.3 is 0 Å². The Kier molecular flexibility index (Phi) is 4.09. The second-order valence-electron chi connectivity index (χ2n) is 6.30. The van der Waals surface area contributed by atoms with Gasteiger partial charge in [0.05, 0.1) is 17.9 Å². The molecular weight excluding hydrogens is 305 g/mol. The predicted octanol–water partition coefficient (Wildman–Crippen LogP) is 3.12. The van der Waals surface area contributed by atoms with Gasteiger partial charge in [-0.15, -0.1) is 0 Å². The van der Waals surface area contributed by atoms with E-state index in [-0.39, 0.29) is 18.3 Å². The molecule has 124 valence electrons. The summed E-state index contributed by atoms with van der Waals surface area (Å²) in [6, 6.07) is 7.00. The smallest absolute Gasteiger partial charge is 0.241 e. The summed E-state index contributed by atoms with van der Waals surface area (Å²) in [7, 11) is 3.48. The van der Waals surface area contributed by atoms with Gasteiger partial charge in [0, 0.05) is 32.4 Å². The van der Waals surface area contributed by atoms with E-state index in [2.05, 4.69) is 11.6 Å². The van der Waals surface area contributed by atoms with Crippen molar-refractivity contribution in [2.75, 3.05) is 32.1 Å². The Balaban J connectivity index is 1.98. The molecule has 24 heavy (non-hydrogen) atoms. The van der Waals surface area contributed by atoms with Crippen LogP contribution >= 0.6 is 0 Å². The third kappa shape index (κ3) is 2.89. The first-order chi connectivity index (χ1) is 11.4. The zero-order chi connectivity index (χ0) is 17.4. The summed E-state index contributed by atoms with van der Waals surface area (Å²) in [5.41, 5.74) is 5.02. The van der Waals surface area contributed by atoms with Crippen LogP contribution in [-0.2, 0) is 4.79 Å². The summed E-state index contributed by atoms with van der Waals surface area (Å²) in [4.78, 5) is 20.1. The minimum Gasteiger partial charge on any atom is -0.356 e. The first kappa shape index (κ1) is 16.2. The van der Waals surface area contributed by atoms with E-state index < -0.39 is 0 Å². The molecule has 1 aliphatic heterocycles. The minimum atomic E-state index is -0.223. The lowest BCUT2D eigenvalue weighted by molar-refractivity contribution is -0.127. The Morgan fingerprint density at radius 2 is 2.08 bits per heavy atom. The molecule has 0 saturated carbocycles. The number of benzene rings is 1. The number of anilines is 1. The highest BCUT2D eigenvalue weighted by atomic mass is 19.1. The molecule has 1 amide bonds. The summed E-state index contributed by atoms with van der Waals surface area (Å²) in [6.45, 7) is 6.66. The monoisotopic (exact) mass is 325 g/mol. The van der Waals surface area contributed by atoms with E-state index in [1.54, 1.807) is 44.2 Å². The second-order valence-corrected chi connectivity index (χ2v) is 6.30. The van der Waals surface area contributed by atoms with Crippen LogP contribution in [0.2, 0.25) is 0 Å². The van der Waals surface area contributed by atoms with Gasteiger partial charge in [-0.3, -0.25) is 9.78 Å². The first-order valence-electron chi connectivity index (χ1n) is 7.76. The third-order valence-corrected chi connectivity index (χ3v) is 4.24. The molecule has 1 aromatic heterocycles. The zero-order valence-corrected chi connectivity index (χ0v) is 14.1. The van der Waals surface area contributed by atoms with Crippen molar-refractivity contribution in [1.29, 1.82) is 0 Å². The molecule has 1 aliphatic rings. The van der Waals surface area contributed by atoms with Gasteiger partial charge in [-0.25, -0.2) is 4.39 Å². The Morgan fingerprint density at radius 1 is 1.33 bits per heavy atom. The van der Waals surface area contributed by atoms with Gasteiger partial charge in [0.1, 0.15) is 5.82 Å². The number of hydrogen-bond donors (Lipinski definition) is 0. The topological polar surface area (TPSA) is 36.4 Å². The van der Waals surface area contributed by atoms with E-state index >= 15 is 0 Å². The normalized spacial score (nSPS) is 13.2. The second kappa shape index (κ2) is 6.07. The van der Waals surface area contributed by atoms with Crippen molar-refractivity contribution in [1.82, 2.24) is 9.88 Å². The number of likely N-dealkylation sites (N-methyl/N-ethyl adjacent to an activating group) is 1. The number of halogens is 1. The molecule has 5 heteroatoms. The molecule has 0 radical (unpaired) electrons. The first-order valence-corrected chi connectivity index (χ1v) is 7.76. The third-order valence-electron chi connectivity index (χ3n) is 4.24. The lowest BCUT2D eigenvalue weighted by Crippen LogP contribution is -2.35. The standard InChI is InChI=1S/C19H20FN3O/c1-12-7-14(5-6-16(12)20)15-8-17-19(21-9-15)13(2)10-23(17)11-18(24)22(3)4/h5-9H,2,10-11H2,1,3-4H3.